The number of pyridine rings is 1. The zero-order valence-corrected chi connectivity index (χ0v) is 12.9. The third-order valence-corrected chi connectivity index (χ3v) is 4.24. The first-order valence-corrected chi connectivity index (χ1v) is 7.23. The van der Waals surface area contributed by atoms with Crippen molar-refractivity contribution in [1.29, 1.82) is 0 Å². The van der Waals surface area contributed by atoms with Gasteiger partial charge in [-0.15, -0.1) is 12.4 Å². The highest BCUT2D eigenvalue weighted by molar-refractivity contribution is 5.85. The molecule has 0 amide bonds. The predicted molar refractivity (Wildman–Crippen MR) is 82.6 cm³/mol. The molecule has 1 aromatic heterocycles. The summed E-state index contributed by atoms with van der Waals surface area (Å²) >= 11 is 0. The molecule has 0 spiro atoms. The van der Waals surface area contributed by atoms with Crippen LogP contribution in [-0.2, 0) is 0 Å². The Hall–Kier alpha value is -0.840. The van der Waals surface area contributed by atoms with Crippen molar-refractivity contribution in [2.75, 3.05) is 32.7 Å². The molecule has 1 N–H and O–H groups in total. The van der Waals surface area contributed by atoms with Crippen molar-refractivity contribution in [1.82, 2.24) is 15.2 Å². The van der Waals surface area contributed by atoms with Gasteiger partial charge in [0.05, 0.1) is 0 Å². The van der Waals surface area contributed by atoms with E-state index in [9.17, 15) is 0 Å². The van der Waals surface area contributed by atoms with E-state index >= 15 is 0 Å². The quantitative estimate of drug-likeness (QED) is 0.922. The Labute approximate surface area is 127 Å². The lowest BCUT2D eigenvalue weighted by molar-refractivity contribution is 0.169. The van der Waals surface area contributed by atoms with E-state index < -0.39 is 0 Å². The van der Waals surface area contributed by atoms with Crippen molar-refractivity contribution in [3.63, 3.8) is 0 Å². The lowest BCUT2D eigenvalue weighted by atomic mass is 9.89. The van der Waals surface area contributed by atoms with Gasteiger partial charge in [0.1, 0.15) is 11.9 Å². The molecule has 20 heavy (non-hydrogen) atoms. The van der Waals surface area contributed by atoms with Crippen LogP contribution in [0.1, 0.15) is 19.8 Å². The number of halogens is 1. The molecule has 0 bridgehead atoms. The van der Waals surface area contributed by atoms with E-state index in [1.54, 1.807) is 12.4 Å². The normalized spacial score (nSPS) is 30.1. The summed E-state index contributed by atoms with van der Waals surface area (Å²) in [6.07, 6.45) is 6.33. The second-order valence-electron chi connectivity index (χ2n) is 6.18. The summed E-state index contributed by atoms with van der Waals surface area (Å²) < 4.78 is 6.01. The molecule has 3 rings (SSSR count). The number of likely N-dealkylation sites (tertiary alicyclic amines) is 1. The van der Waals surface area contributed by atoms with Crippen molar-refractivity contribution >= 4 is 12.4 Å². The van der Waals surface area contributed by atoms with Gasteiger partial charge in [-0.1, -0.05) is 6.92 Å². The van der Waals surface area contributed by atoms with Crippen LogP contribution in [0.15, 0.2) is 24.5 Å². The zero-order valence-electron chi connectivity index (χ0n) is 12.0. The number of hydrogen-bond acceptors (Lipinski definition) is 4. The standard InChI is InChI=1S/C15H23N3O.ClH/c1-15(5-8-17-11-15)12-18-9-4-14(10-18)19-13-2-6-16-7-3-13;/h2-3,6-7,14,17H,4-5,8-12H2,1H3;1H/t14-,15?;/m1./s1. The Morgan fingerprint density at radius 3 is 2.95 bits per heavy atom. The average Bonchev–Trinajstić information content (AvgIpc) is 3.01. The molecule has 112 valence electrons. The molecule has 3 heterocycles. The van der Waals surface area contributed by atoms with Crippen LogP contribution < -0.4 is 10.1 Å². The molecule has 1 unspecified atom stereocenters. The molecule has 4 nitrogen and oxygen atoms in total. The minimum Gasteiger partial charge on any atom is -0.489 e. The van der Waals surface area contributed by atoms with Gasteiger partial charge < -0.3 is 10.1 Å². The third-order valence-electron chi connectivity index (χ3n) is 4.24. The van der Waals surface area contributed by atoms with Gasteiger partial charge in [0.2, 0.25) is 0 Å². The van der Waals surface area contributed by atoms with E-state index in [-0.39, 0.29) is 12.4 Å². The Morgan fingerprint density at radius 2 is 2.25 bits per heavy atom. The van der Waals surface area contributed by atoms with E-state index in [1.807, 2.05) is 12.1 Å². The van der Waals surface area contributed by atoms with E-state index in [0.717, 1.165) is 31.8 Å². The fourth-order valence-corrected chi connectivity index (χ4v) is 3.19. The molecule has 2 saturated heterocycles. The molecule has 2 aliphatic rings. The molecular formula is C15H24ClN3O. The molecule has 2 fully saturated rings. The van der Waals surface area contributed by atoms with Crippen LogP contribution in [0, 0.1) is 5.41 Å². The first kappa shape index (κ1) is 15.5. The van der Waals surface area contributed by atoms with Gasteiger partial charge in [-0.05, 0) is 36.9 Å². The van der Waals surface area contributed by atoms with Crippen LogP contribution in [0.25, 0.3) is 0 Å². The lowest BCUT2D eigenvalue weighted by Gasteiger charge is -2.28. The van der Waals surface area contributed by atoms with Crippen LogP contribution in [0.3, 0.4) is 0 Å². The highest BCUT2D eigenvalue weighted by atomic mass is 35.5. The van der Waals surface area contributed by atoms with Gasteiger partial charge in [0.15, 0.2) is 0 Å². The monoisotopic (exact) mass is 297 g/mol. The van der Waals surface area contributed by atoms with Gasteiger partial charge in [-0.3, -0.25) is 9.88 Å². The Balaban J connectivity index is 0.00000147. The number of hydrogen-bond donors (Lipinski definition) is 1. The smallest absolute Gasteiger partial charge is 0.122 e. The Bertz CT molecular complexity index is 409. The maximum absolute atomic E-state index is 6.01. The fraction of sp³-hybridized carbons (Fsp3) is 0.667. The van der Waals surface area contributed by atoms with Gasteiger partial charge in [0.25, 0.3) is 0 Å². The predicted octanol–water partition coefficient (Wildman–Crippen LogP) is 1.96. The SMILES string of the molecule is CC1(CN2CC[C@@H](Oc3ccncc3)C2)CCNC1.Cl. The molecule has 0 saturated carbocycles. The third kappa shape index (κ3) is 3.84. The maximum atomic E-state index is 6.01. The molecule has 0 aromatic carbocycles. The molecular weight excluding hydrogens is 274 g/mol. The number of aromatic nitrogens is 1. The summed E-state index contributed by atoms with van der Waals surface area (Å²) in [6.45, 7) is 8.12. The zero-order chi connectivity index (χ0) is 13.1. The van der Waals surface area contributed by atoms with Crippen molar-refractivity contribution < 1.29 is 4.74 Å². The van der Waals surface area contributed by atoms with Crippen LogP contribution >= 0.6 is 12.4 Å². The summed E-state index contributed by atoms with van der Waals surface area (Å²) in [7, 11) is 0. The summed E-state index contributed by atoms with van der Waals surface area (Å²) in [4.78, 5) is 6.57. The summed E-state index contributed by atoms with van der Waals surface area (Å²) in [5, 5.41) is 3.47. The highest BCUT2D eigenvalue weighted by Gasteiger charge is 2.33. The second kappa shape index (κ2) is 6.74. The van der Waals surface area contributed by atoms with Crippen molar-refractivity contribution in [2.24, 2.45) is 5.41 Å². The number of rotatable bonds is 4. The average molecular weight is 298 g/mol. The molecule has 1 aromatic rings. The minimum atomic E-state index is 0. The van der Waals surface area contributed by atoms with Crippen LogP contribution in [-0.4, -0.2) is 48.7 Å². The highest BCUT2D eigenvalue weighted by Crippen LogP contribution is 2.28. The van der Waals surface area contributed by atoms with Gasteiger partial charge in [-0.25, -0.2) is 0 Å². The molecule has 2 atom stereocenters. The lowest BCUT2D eigenvalue weighted by Crippen LogP contribution is -2.37. The molecule has 0 aliphatic carbocycles. The summed E-state index contributed by atoms with van der Waals surface area (Å²) in [5.74, 6) is 0.940. The van der Waals surface area contributed by atoms with Crippen molar-refractivity contribution in [2.45, 2.75) is 25.9 Å². The van der Waals surface area contributed by atoms with E-state index in [0.29, 0.717) is 11.5 Å². The van der Waals surface area contributed by atoms with Gasteiger partial charge >= 0.3 is 0 Å². The Morgan fingerprint density at radius 1 is 1.45 bits per heavy atom. The fourth-order valence-electron chi connectivity index (χ4n) is 3.19. The molecule has 0 radical (unpaired) electrons. The first-order valence-electron chi connectivity index (χ1n) is 7.23. The van der Waals surface area contributed by atoms with Gasteiger partial charge in [0, 0.05) is 38.6 Å². The molecule has 5 heteroatoms. The largest absolute Gasteiger partial charge is 0.489 e. The Kier molecular flexibility index (Phi) is 5.24. The van der Waals surface area contributed by atoms with Crippen LogP contribution in [0.2, 0.25) is 0 Å². The maximum Gasteiger partial charge on any atom is 0.122 e. The number of nitrogens with one attached hydrogen (secondary N) is 1. The first-order chi connectivity index (χ1) is 9.23. The van der Waals surface area contributed by atoms with E-state index in [4.69, 9.17) is 4.74 Å². The summed E-state index contributed by atoms with van der Waals surface area (Å²) in [5.41, 5.74) is 0.450. The number of nitrogens with zero attached hydrogens (tertiary/aromatic N) is 2. The van der Waals surface area contributed by atoms with Gasteiger partial charge in [-0.2, -0.15) is 0 Å². The van der Waals surface area contributed by atoms with Crippen LogP contribution in [0.4, 0.5) is 0 Å². The van der Waals surface area contributed by atoms with Crippen molar-refractivity contribution in [3.05, 3.63) is 24.5 Å². The molecule has 2 aliphatic heterocycles. The van der Waals surface area contributed by atoms with Crippen molar-refractivity contribution in [3.8, 4) is 5.75 Å². The van der Waals surface area contributed by atoms with E-state index in [2.05, 4.69) is 22.1 Å². The van der Waals surface area contributed by atoms with Crippen LogP contribution in [0.5, 0.6) is 5.75 Å². The topological polar surface area (TPSA) is 37.4 Å². The second-order valence-corrected chi connectivity index (χ2v) is 6.18. The van der Waals surface area contributed by atoms with E-state index in [1.165, 1.54) is 19.5 Å². The summed E-state index contributed by atoms with van der Waals surface area (Å²) in [6, 6.07) is 3.87. The number of ether oxygens (including phenoxy) is 1. The minimum absolute atomic E-state index is 0.